The number of nitrogens with zero attached hydrogens (tertiary/aromatic N) is 3. The summed E-state index contributed by atoms with van der Waals surface area (Å²) in [5, 5.41) is 9.30. The van der Waals surface area contributed by atoms with Crippen LogP contribution in [0.3, 0.4) is 0 Å². The summed E-state index contributed by atoms with van der Waals surface area (Å²) in [6.45, 7) is 4.27. The van der Waals surface area contributed by atoms with Crippen LogP contribution in [0.15, 0.2) is 196 Å². The van der Waals surface area contributed by atoms with Crippen LogP contribution >= 0.6 is 0 Å². The normalized spacial score (nSPS) is 13.6. The first-order valence-corrected chi connectivity index (χ1v) is 20.8. The van der Waals surface area contributed by atoms with Gasteiger partial charge in [0.25, 0.3) is 0 Å². The Kier molecular flexibility index (Phi) is 7.76. The Morgan fingerprint density at radius 1 is 0.550 bits per heavy atom. The van der Waals surface area contributed by atoms with Gasteiger partial charge in [0.1, 0.15) is 11.2 Å². The molecule has 284 valence electrons. The average molecular weight is 770 g/mol. The summed E-state index contributed by atoms with van der Waals surface area (Å²) in [4.78, 5) is 10.8. The summed E-state index contributed by atoms with van der Waals surface area (Å²) in [7, 11) is 0. The van der Waals surface area contributed by atoms with Gasteiger partial charge in [-0.3, -0.25) is 4.99 Å². The van der Waals surface area contributed by atoms with Gasteiger partial charge in [-0.1, -0.05) is 140 Å². The van der Waals surface area contributed by atoms with Crippen molar-refractivity contribution in [2.24, 2.45) is 9.98 Å². The third kappa shape index (κ3) is 5.45. The van der Waals surface area contributed by atoms with E-state index in [0.717, 1.165) is 78.3 Å². The second-order valence-electron chi connectivity index (χ2n) is 16.1. The molecule has 0 amide bonds. The summed E-state index contributed by atoms with van der Waals surface area (Å²) in [5.74, 6) is 0.696. The minimum Gasteiger partial charge on any atom is -0.455 e. The van der Waals surface area contributed by atoms with Crippen LogP contribution in [0.5, 0.6) is 0 Å². The van der Waals surface area contributed by atoms with E-state index < -0.39 is 0 Å². The summed E-state index contributed by atoms with van der Waals surface area (Å²) < 4.78 is 9.41. The highest BCUT2D eigenvalue weighted by atomic mass is 16.3. The number of para-hydroxylation sites is 1. The number of hydrogen-bond acceptors (Lipinski definition) is 2. The Labute approximate surface area is 347 Å². The van der Waals surface area contributed by atoms with Gasteiger partial charge in [-0.15, -0.1) is 0 Å². The summed E-state index contributed by atoms with van der Waals surface area (Å²) in [6, 6.07) is 65.1. The van der Waals surface area contributed by atoms with Gasteiger partial charge in [0.05, 0.1) is 28.1 Å². The molecule has 1 unspecified atom stereocenters. The first kappa shape index (κ1) is 34.5. The molecule has 0 radical (unpaired) electrons. The molecule has 0 bridgehead atoms. The summed E-state index contributed by atoms with van der Waals surface area (Å²) in [5.41, 5.74) is 14.5. The topological polar surface area (TPSA) is 42.8 Å². The highest BCUT2D eigenvalue weighted by molar-refractivity contribution is 6.20. The van der Waals surface area contributed by atoms with E-state index in [9.17, 15) is 0 Å². The molecule has 2 heterocycles. The second kappa shape index (κ2) is 13.5. The van der Waals surface area contributed by atoms with E-state index in [1.54, 1.807) is 0 Å². The van der Waals surface area contributed by atoms with Crippen molar-refractivity contribution in [3.05, 3.63) is 210 Å². The molecule has 0 N–H and O–H groups in total. The third-order valence-corrected chi connectivity index (χ3v) is 12.6. The fraction of sp³-hybridized carbons (Fsp3) is 0.0714. The number of aromatic nitrogens is 1. The van der Waals surface area contributed by atoms with E-state index >= 15 is 0 Å². The molecule has 0 spiro atoms. The van der Waals surface area contributed by atoms with Gasteiger partial charge in [0.15, 0.2) is 5.84 Å². The van der Waals surface area contributed by atoms with Crippen LogP contribution in [0.1, 0.15) is 47.7 Å². The number of hydrogen-bond donors (Lipinski definition) is 0. The van der Waals surface area contributed by atoms with Gasteiger partial charge in [0, 0.05) is 32.8 Å². The Morgan fingerprint density at radius 2 is 1.27 bits per heavy atom. The Balaban J connectivity index is 1.08. The van der Waals surface area contributed by atoms with E-state index in [4.69, 9.17) is 14.4 Å². The Hall–Kier alpha value is -7.56. The Morgan fingerprint density at radius 3 is 2.13 bits per heavy atom. The van der Waals surface area contributed by atoms with Crippen LogP contribution in [-0.4, -0.2) is 16.1 Å². The highest BCUT2D eigenvalue weighted by Gasteiger charge is 2.23. The van der Waals surface area contributed by atoms with E-state index in [-0.39, 0.29) is 6.04 Å². The number of aliphatic imine (C=N–C) groups is 2. The first-order valence-electron chi connectivity index (χ1n) is 20.8. The molecule has 2 aromatic heterocycles. The van der Waals surface area contributed by atoms with Crippen LogP contribution in [0.2, 0.25) is 0 Å². The molecule has 0 aliphatic heterocycles. The smallest absolute Gasteiger partial charge is 0.155 e. The van der Waals surface area contributed by atoms with Gasteiger partial charge in [-0.25, -0.2) is 4.99 Å². The van der Waals surface area contributed by atoms with Crippen molar-refractivity contribution >= 4 is 76.8 Å². The van der Waals surface area contributed by atoms with Gasteiger partial charge in [-0.2, -0.15) is 0 Å². The lowest BCUT2D eigenvalue weighted by Gasteiger charge is -2.15. The molecular formula is C56H39N3O. The molecular weight excluding hydrogens is 731 g/mol. The lowest BCUT2D eigenvalue weighted by atomic mass is 10.0. The quantitative estimate of drug-likeness (QED) is 0.127. The van der Waals surface area contributed by atoms with Crippen LogP contribution in [0.25, 0.3) is 82.1 Å². The molecule has 0 fully saturated rings. The largest absolute Gasteiger partial charge is 0.455 e. The lowest BCUT2D eigenvalue weighted by molar-refractivity contribution is 0.670. The standard InChI is InChI=1S/C56H39N3O/c1-34(38-24-25-42-28-41-19-9-10-20-44(41)48(42)29-38)57-56(37-15-4-3-5-16-37)58-35(2)43-32-52(54-47-27-26-36-14-8-11-21-45(36)55(47)60-53(54)33-43)59-50-23-13-12-22-46(50)49-30-39-17-6-7-18-40(39)31-51(49)59/h3-27,29-33,35H,28H2,1-2H3. The van der Waals surface area contributed by atoms with E-state index in [1.807, 2.05) is 6.07 Å². The minimum atomic E-state index is -0.259. The van der Waals surface area contributed by atoms with E-state index in [0.29, 0.717) is 5.84 Å². The van der Waals surface area contributed by atoms with E-state index in [1.165, 1.54) is 43.8 Å². The third-order valence-electron chi connectivity index (χ3n) is 12.6. The number of fused-ring (bicyclic) bond motifs is 12. The van der Waals surface area contributed by atoms with Crippen molar-refractivity contribution in [1.82, 2.24) is 4.57 Å². The second-order valence-corrected chi connectivity index (χ2v) is 16.1. The van der Waals surface area contributed by atoms with Crippen molar-refractivity contribution in [1.29, 1.82) is 0 Å². The van der Waals surface area contributed by atoms with Gasteiger partial charge in [-0.05, 0) is 112 Å². The summed E-state index contributed by atoms with van der Waals surface area (Å²) >= 11 is 0. The van der Waals surface area contributed by atoms with Crippen LogP contribution in [0.4, 0.5) is 0 Å². The van der Waals surface area contributed by atoms with Gasteiger partial charge < -0.3 is 8.98 Å². The fourth-order valence-electron chi connectivity index (χ4n) is 9.55. The average Bonchev–Trinajstić information content (AvgIpc) is 3.97. The molecule has 11 aromatic rings. The van der Waals surface area contributed by atoms with Crippen LogP contribution < -0.4 is 0 Å². The van der Waals surface area contributed by atoms with Crippen molar-refractivity contribution in [3.63, 3.8) is 0 Å². The van der Waals surface area contributed by atoms with Crippen molar-refractivity contribution in [3.8, 4) is 16.8 Å². The number of amidine groups is 1. The monoisotopic (exact) mass is 769 g/mol. The van der Waals surface area contributed by atoms with Gasteiger partial charge >= 0.3 is 0 Å². The highest BCUT2D eigenvalue weighted by Crippen LogP contribution is 2.43. The number of benzene rings is 9. The van der Waals surface area contributed by atoms with Gasteiger partial charge in [0.2, 0.25) is 0 Å². The first-order chi connectivity index (χ1) is 29.6. The van der Waals surface area contributed by atoms with Crippen LogP contribution in [-0.2, 0) is 6.42 Å². The van der Waals surface area contributed by atoms with Crippen molar-refractivity contribution in [2.75, 3.05) is 0 Å². The Bertz CT molecular complexity index is 3600. The molecule has 1 aliphatic carbocycles. The lowest BCUT2D eigenvalue weighted by Crippen LogP contribution is -2.06. The maximum absolute atomic E-state index is 6.97. The molecule has 60 heavy (non-hydrogen) atoms. The summed E-state index contributed by atoms with van der Waals surface area (Å²) in [6.07, 6.45) is 0.967. The predicted octanol–water partition coefficient (Wildman–Crippen LogP) is 14.6. The maximum atomic E-state index is 6.97. The molecule has 9 aromatic carbocycles. The molecule has 0 saturated carbocycles. The number of furan rings is 1. The van der Waals surface area contributed by atoms with Crippen LogP contribution in [0, 0.1) is 0 Å². The zero-order valence-electron chi connectivity index (χ0n) is 33.4. The number of rotatable bonds is 5. The molecule has 4 nitrogen and oxygen atoms in total. The SMILES string of the molecule is CC(=NC(=NC(C)c1cc(-n2c3ccccc3c3cc4ccccc4cc32)c2c(c1)oc1c3ccccc3ccc12)c1ccccc1)c1ccc2c(c1)-c1ccccc1C2. The van der Waals surface area contributed by atoms with Crippen molar-refractivity contribution in [2.45, 2.75) is 26.3 Å². The minimum absolute atomic E-state index is 0.259. The van der Waals surface area contributed by atoms with E-state index in [2.05, 4.69) is 194 Å². The maximum Gasteiger partial charge on any atom is 0.155 e. The molecule has 1 aliphatic rings. The molecule has 1 atom stereocenters. The molecule has 12 rings (SSSR count). The fourth-order valence-corrected chi connectivity index (χ4v) is 9.55. The molecule has 0 saturated heterocycles. The molecule has 4 heteroatoms. The van der Waals surface area contributed by atoms with Crippen molar-refractivity contribution < 1.29 is 4.42 Å². The zero-order chi connectivity index (χ0) is 39.9. The predicted molar refractivity (Wildman–Crippen MR) is 251 cm³/mol. The zero-order valence-corrected chi connectivity index (χ0v) is 33.4.